The summed E-state index contributed by atoms with van der Waals surface area (Å²) in [5, 5.41) is 8.96. The lowest BCUT2D eigenvalue weighted by molar-refractivity contribution is -0.135. The summed E-state index contributed by atoms with van der Waals surface area (Å²) in [7, 11) is 1.55. The van der Waals surface area contributed by atoms with E-state index in [1.807, 2.05) is 12.1 Å². The second kappa shape index (κ2) is 9.64. The van der Waals surface area contributed by atoms with Gasteiger partial charge in [0.05, 0.1) is 12.7 Å². The number of anilines is 1. The molecule has 0 saturated heterocycles. The number of rotatable bonds is 5. The van der Waals surface area contributed by atoms with Gasteiger partial charge in [-0.05, 0) is 54.6 Å². The molecule has 33 heavy (non-hydrogen) atoms. The number of methoxy groups -OCH3 is 1. The summed E-state index contributed by atoms with van der Waals surface area (Å²) in [6, 6.07) is 19.1. The highest BCUT2D eigenvalue weighted by Gasteiger charge is 2.35. The highest BCUT2D eigenvalue weighted by molar-refractivity contribution is 9.10. The van der Waals surface area contributed by atoms with Gasteiger partial charge in [-0.25, -0.2) is 0 Å². The number of carbonyl (C=O) groups is 2. The largest absolute Gasteiger partial charge is 0.496 e. The average Bonchev–Trinajstić information content (AvgIpc) is 3.25. The van der Waals surface area contributed by atoms with Crippen LogP contribution in [0.25, 0.3) is 0 Å². The van der Waals surface area contributed by atoms with Crippen LogP contribution in [0.5, 0.6) is 5.75 Å². The van der Waals surface area contributed by atoms with Crippen molar-refractivity contribution < 1.29 is 19.1 Å². The van der Waals surface area contributed by atoms with Gasteiger partial charge in [-0.2, -0.15) is 5.01 Å². The molecule has 1 aliphatic heterocycles. The van der Waals surface area contributed by atoms with E-state index in [2.05, 4.69) is 26.3 Å². The summed E-state index contributed by atoms with van der Waals surface area (Å²) in [6.45, 7) is 1.41. The Morgan fingerprint density at radius 3 is 2.64 bits per heavy atom. The Kier molecular flexibility index (Phi) is 6.67. The molecule has 4 rings (SSSR count). The van der Waals surface area contributed by atoms with Crippen LogP contribution < -0.4 is 10.1 Å². The van der Waals surface area contributed by atoms with Crippen molar-refractivity contribution in [3.05, 3.63) is 92.9 Å². The van der Waals surface area contributed by atoms with Crippen LogP contribution in [-0.4, -0.2) is 29.8 Å². The quantitative estimate of drug-likeness (QED) is 0.467. The minimum absolute atomic E-state index is 0.246. The lowest BCUT2D eigenvalue weighted by Crippen LogP contribution is -2.25. The molecule has 168 valence electrons. The lowest BCUT2D eigenvalue weighted by Gasteiger charge is -2.21. The number of hydrogen-bond acceptors (Lipinski definition) is 5. The van der Waals surface area contributed by atoms with E-state index >= 15 is 0 Å². The molecule has 0 spiro atoms. The molecule has 0 aromatic heterocycles. The first-order chi connectivity index (χ1) is 15.9. The number of benzene rings is 3. The van der Waals surface area contributed by atoms with Gasteiger partial charge < -0.3 is 14.8 Å². The van der Waals surface area contributed by atoms with Crippen LogP contribution in [0.1, 0.15) is 34.6 Å². The molecule has 0 bridgehead atoms. The van der Waals surface area contributed by atoms with Crippen LogP contribution in [0, 0.1) is 0 Å². The highest BCUT2D eigenvalue weighted by Crippen LogP contribution is 2.37. The van der Waals surface area contributed by atoms with E-state index in [0.717, 1.165) is 4.47 Å². The van der Waals surface area contributed by atoms with Gasteiger partial charge >= 0.3 is 0 Å². The van der Waals surface area contributed by atoms with Gasteiger partial charge in [0.1, 0.15) is 5.75 Å². The molecular formula is C24H19BrClN3O4. The molecule has 0 radical (unpaired) electrons. The maximum absolute atomic E-state index is 12.6. The van der Waals surface area contributed by atoms with E-state index < -0.39 is 6.23 Å². The summed E-state index contributed by atoms with van der Waals surface area (Å²) in [4.78, 5) is 24.9. The summed E-state index contributed by atoms with van der Waals surface area (Å²) in [5.41, 5.74) is 2.22. The van der Waals surface area contributed by atoms with E-state index in [0.29, 0.717) is 33.1 Å². The van der Waals surface area contributed by atoms with Crippen LogP contribution in [-0.2, 0) is 9.53 Å². The summed E-state index contributed by atoms with van der Waals surface area (Å²) in [5.74, 6) is 0.220. The molecule has 1 aliphatic rings. The Balaban J connectivity index is 1.61. The fourth-order valence-corrected chi connectivity index (χ4v) is 3.92. The molecule has 3 aromatic carbocycles. The third-order valence-electron chi connectivity index (χ3n) is 4.88. The van der Waals surface area contributed by atoms with E-state index in [1.54, 1.807) is 61.7 Å². The minimum Gasteiger partial charge on any atom is -0.496 e. The van der Waals surface area contributed by atoms with Crippen molar-refractivity contribution >= 4 is 50.9 Å². The van der Waals surface area contributed by atoms with Crippen LogP contribution in [0.3, 0.4) is 0 Å². The molecule has 0 saturated carbocycles. The Morgan fingerprint density at radius 1 is 1.12 bits per heavy atom. The molecule has 7 nitrogen and oxygen atoms in total. The number of halogens is 2. The third kappa shape index (κ3) is 5.02. The SMILES string of the molecule is COc1ccc(Br)cc1[C@H]1OC(c2cccc(NC(=O)c3cccc(Cl)c3)c2)=NN1C(C)=O. The highest BCUT2D eigenvalue weighted by atomic mass is 79.9. The first kappa shape index (κ1) is 22.8. The zero-order valence-corrected chi connectivity index (χ0v) is 20.1. The zero-order valence-electron chi connectivity index (χ0n) is 17.7. The number of nitrogens with zero attached hydrogens (tertiary/aromatic N) is 2. The van der Waals surface area contributed by atoms with Gasteiger partial charge in [-0.15, -0.1) is 5.10 Å². The number of hydrazone groups is 1. The second-order valence-corrected chi connectivity index (χ2v) is 8.52. The number of ether oxygens (including phenoxy) is 2. The Morgan fingerprint density at radius 2 is 1.91 bits per heavy atom. The second-order valence-electron chi connectivity index (χ2n) is 7.17. The van der Waals surface area contributed by atoms with E-state index in [1.165, 1.54) is 11.9 Å². The molecule has 2 amide bonds. The van der Waals surface area contributed by atoms with Crippen LogP contribution in [0.4, 0.5) is 5.69 Å². The van der Waals surface area contributed by atoms with Crippen molar-refractivity contribution in [2.75, 3.05) is 12.4 Å². The smallest absolute Gasteiger partial charge is 0.255 e. The first-order valence-electron chi connectivity index (χ1n) is 9.91. The standard InChI is InChI=1S/C24H19BrClN3O4/c1-14(30)29-24(20-13-17(25)9-10-21(20)32-2)33-23(28-29)16-6-4-8-19(12-16)27-22(31)15-5-3-7-18(26)11-15/h3-13,24H,1-2H3,(H,27,31)/t24-/m1/s1. The summed E-state index contributed by atoms with van der Waals surface area (Å²) < 4.78 is 12.3. The minimum atomic E-state index is -0.797. The fourth-order valence-electron chi connectivity index (χ4n) is 3.35. The van der Waals surface area contributed by atoms with Crippen molar-refractivity contribution in [2.24, 2.45) is 5.10 Å². The van der Waals surface area contributed by atoms with Crippen molar-refractivity contribution in [1.29, 1.82) is 0 Å². The van der Waals surface area contributed by atoms with Gasteiger partial charge in [0, 0.05) is 33.2 Å². The molecule has 0 fully saturated rings. The number of carbonyl (C=O) groups excluding carboxylic acids is 2. The van der Waals surface area contributed by atoms with Gasteiger partial charge in [0.25, 0.3) is 5.91 Å². The van der Waals surface area contributed by atoms with Crippen LogP contribution in [0.2, 0.25) is 5.02 Å². The maximum atomic E-state index is 12.6. The average molecular weight is 529 g/mol. The number of hydrogen-bond donors (Lipinski definition) is 1. The molecule has 1 N–H and O–H groups in total. The van der Waals surface area contributed by atoms with E-state index in [-0.39, 0.29) is 17.7 Å². The van der Waals surface area contributed by atoms with Gasteiger partial charge in [-0.1, -0.05) is 39.7 Å². The topological polar surface area (TPSA) is 80.2 Å². The van der Waals surface area contributed by atoms with Crippen molar-refractivity contribution in [3.63, 3.8) is 0 Å². The molecule has 1 atom stereocenters. The Labute approximate surface area is 204 Å². The molecule has 3 aromatic rings. The van der Waals surface area contributed by atoms with Gasteiger partial charge in [0.15, 0.2) is 0 Å². The van der Waals surface area contributed by atoms with E-state index in [4.69, 9.17) is 21.1 Å². The maximum Gasteiger partial charge on any atom is 0.255 e. The fraction of sp³-hybridized carbons (Fsp3) is 0.125. The molecule has 9 heteroatoms. The zero-order chi connectivity index (χ0) is 23.5. The summed E-state index contributed by atoms with van der Waals surface area (Å²) in [6.07, 6.45) is -0.797. The van der Waals surface area contributed by atoms with Crippen molar-refractivity contribution in [1.82, 2.24) is 5.01 Å². The van der Waals surface area contributed by atoms with Crippen molar-refractivity contribution in [3.8, 4) is 5.75 Å². The third-order valence-corrected chi connectivity index (χ3v) is 5.61. The lowest BCUT2D eigenvalue weighted by atomic mass is 10.1. The molecule has 0 unspecified atom stereocenters. The normalized spacial score (nSPS) is 15.0. The molecular weight excluding hydrogens is 510 g/mol. The predicted octanol–water partition coefficient (Wildman–Crippen LogP) is 5.60. The Bertz CT molecular complexity index is 1260. The van der Waals surface area contributed by atoms with Gasteiger partial charge in [0.2, 0.25) is 18.0 Å². The van der Waals surface area contributed by atoms with Crippen molar-refractivity contribution in [2.45, 2.75) is 13.2 Å². The summed E-state index contributed by atoms with van der Waals surface area (Å²) >= 11 is 9.43. The monoisotopic (exact) mass is 527 g/mol. The predicted molar refractivity (Wildman–Crippen MR) is 129 cm³/mol. The molecule has 1 heterocycles. The van der Waals surface area contributed by atoms with E-state index in [9.17, 15) is 9.59 Å². The first-order valence-corrected chi connectivity index (χ1v) is 11.1. The number of nitrogens with one attached hydrogen (secondary N) is 1. The van der Waals surface area contributed by atoms with Gasteiger partial charge in [-0.3, -0.25) is 9.59 Å². The van der Waals surface area contributed by atoms with Crippen LogP contribution in [0.15, 0.2) is 76.3 Å². The Hall–Kier alpha value is -3.36. The number of amides is 2. The van der Waals surface area contributed by atoms with Crippen LogP contribution >= 0.6 is 27.5 Å². The molecule has 0 aliphatic carbocycles.